The van der Waals surface area contributed by atoms with Gasteiger partial charge in [-0.25, -0.2) is 4.79 Å². The fourth-order valence-corrected chi connectivity index (χ4v) is 0.403. The zero-order valence-electron chi connectivity index (χ0n) is 6.86. The van der Waals surface area contributed by atoms with Crippen molar-refractivity contribution >= 4 is 6.09 Å². The van der Waals surface area contributed by atoms with Gasteiger partial charge in [0.05, 0.1) is 6.54 Å². The number of amides is 1. The molecule has 0 aliphatic heterocycles. The van der Waals surface area contributed by atoms with Crippen molar-refractivity contribution in [2.45, 2.75) is 13.1 Å². The molecule has 0 aliphatic carbocycles. The van der Waals surface area contributed by atoms with Crippen LogP contribution >= 0.6 is 0 Å². The van der Waals surface area contributed by atoms with Crippen LogP contribution in [0, 0.1) is 11.8 Å². The Morgan fingerprint density at radius 3 is 2.62 bits per heavy atom. The summed E-state index contributed by atoms with van der Waals surface area (Å²) in [5.41, 5.74) is 0. The molecule has 13 heavy (non-hydrogen) atoms. The van der Waals surface area contributed by atoms with Gasteiger partial charge < -0.3 is 10.1 Å². The molecule has 0 radical (unpaired) electrons. The molecule has 1 amide bonds. The molecule has 0 atom stereocenters. The first-order chi connectivity index (χ1) is 5.95. The monoisotopic (exact) mass is 195 g/mol. The SMILES string of the molecule is CC#CCNC(=O)OCC(F)(F)F. The summed E-state index contributed by atoms with van der Waals surface area (Å²) >= 11 is 0. The fourth-order valence-electron chi connectivity index (χ4n) is 0.403. The summed E-state index contributed by atoms with van der Waals surface area (Å²) in [5, 5.41) is 2.02. The molecule has 3 nitrogen and oxygen atoms in total. The van der Waals surface area contributed by atoms with E-state index in [0.29, 0.717) is 0 Å². The van der Waals surface area contributed by atoms with Crippen LogP contribution in [0.3, 0.4) is 0 Å². The fraction of sp³-hybridized carbons (Fsp3) is 0.571. The minimum atomic E-state index is -4.49. The number of rotatable bonds is 2. The van der Waals surface area contributed by atoms with Crippen molar-refractivity contribution in [1.29, 1.82) is 0 Å². The van der Waals surface area contributed by atoms with E-state index in [-0.39, 0.29) is 6.54 Å². The lowest BCUT2D eigenvalue weighted by molar-refractivity contribution is -0.160. The second-order valence-electron chi connectivity index (χ2n) is 1.97. The van der Waals surface area contributed by atoms with Crippen LogP contribution in [0.15, 0.2) is 0 Å². The number of hydrogen-bond donors (Lipinski definition) is 1. The van der Waals surface area contributed by atoms with Crippen molar-refractivity contribution in [3.8, 4) is 11.8 Å². The zero-order chi connectivity index (χ0) is 10.3. The quantitative estimate of drug-likeness (QED) is 0.674. The third-order valence-corrected chi connectivity index (χ3v) is 0.865. The lowest BCUT2D eigenvalue weighted by Gasteiger charge is -2.07. The van der Waals surface area contributed by atoms with E-state index in [9.17, 15) is 18.0 Å². The molecule has 74 valence electrons. The molecule has 0 saturated carbocycles. The van der Waals surface area contributed by atoms with E-state index < -0.39 is 18.9 Å². The van der Waals surface area contributed by atoms with Crippen LogP contribution in [0.2, 0.25) is 0 Å². The summed E-state index contributed by atoms with van der Waals surface area (Å²) in [6.07, 6.45) is -5.62. The first kappa shape index (κ1) is 11.6. The molecule has 0 spiro atoms. The smallest absolute Gasteiger partial charge is 0.422 e. The third-order valence-electron chi connectivity index (χ3n) is 0.865. The largest absolute Gasteiger partial charge is 0.440 e. The Labute approximate surface area is 73.2 Å². The summed E-state index contributed by atoms with van der Waals surface area (Å²) in [5.74, 6) is 4.89. The molecule has 0 rings (SSSR count). The molecule has 0 saturated heterocycles. The van der Waals surface area contributed by atoms with Gasteiger partial charge in [0, 0.05) is 0 Å². The number of carbonyl (C=O) groups excluding carboxylic acids is 1. The summed E-state index contributed by atoms with van der Waals surface area (Å²) in [7, 11) is 0. The molecule has 0 fully saturated rings. The predicted octanol–water partition coefficient (Wildman–Crippen LogP) is 1.30. The summed E-state index contributed by atoms with van der Waals surface area (Å²) in [6, 6.07) is 0. The number of alkyl halides is 3. The minimum absolute atomic E-state index is 0.0206. The summed E-state index contributed by atoms with van der Waals surface area (Å²) < 4.78 is 38.2. The molecule has 0 heterocycles. The molecular weight excluding hydrogens is 187 g/mol. The Kier molecular flexibility index (Phi) is 4.74. The number of nitrogens with one attached hydrogen (secondary N) is 1. The van der Waals surface area contributed by atoms with Crippen LogP contribution in [0.5, 0.6) is 0 Å². The minimum Gasteiger partial charge on any atom is -0.440 e. The highest BCUT2D eigenvalue weighted by Crippen LogP contribution is 2.14. The van der Waals surface area contributed by atoms with Crippen molar-refractivity contribution in [3.63, 3.8) is 0 Å². The van der Waals surface area contributed by atoms with E-state index in [2.05, 4.69) is 16.6 Å². The second kappa shape index (κ2) is 5.30. The Balaban J connectivity index is 3.56. The van der Waals surface area contributed by atoms with Gasteiger partial charge >= 0.3 is 12.3 Å². The highest BCUT2D eigenvalue weighted by molar-refractivity contribution is 5.67. The average Bonchev–Trinajstić information content (AvgIpc) is 2.00. The van der Waals surface area contributed by atoms with Gasteiger partial charge in [0.25, 0.3) is 0 Å². The highest BCUT2D eigenvalue weighted by atomic mass is 19.4. The van der Waals surface area contributed by atoms with Crippen LogP contribution in [0.4, 0.5) is 18.0 Å². The van der Waals surface area contributed by atoms with Crippen molar-refractivity contribution in [2.24, 2.45) is 0 Å². The maximum Gasteiger partial charge on any atom is 0.422 e. The van der Waals surface area contributed by atoms with E-state index >= 15 is 0 Å². The number of ether oxygens (including phenoxy) is 1. The van der Waals surface area contributed by atoms with Crippen LogP contribution in [0.25, 0.3) is 0 Å². The molecule has 0 aromatic heterocycles. The van der Waals surface area contributed by atoms with Crippen LogP contribution in [0.1, 0.15) is 6.92 Å². The van der Waals surface area contributed by atoms with Crippen molar-refractivity contribution in [3.05, 3.63) is 0 Å². The Morgan fingerprint density at radius 1 is 1.54 bits per heavy atom. The molecule has 0 aliphatic rings. The normalized spacial score (nSPS) is 9.85. The number of halogens is 3. The van der Waals surface area contributed by atoms with Gasteiger partial charge in [-0.3, -0.25) is 0 Å². The first-order valence-electron chi connectivity index (χ1n) is 3.32. The topological polar surface area (TPSA) is 38.3 Å². The number of alkyl carbamates (subject to hydrolysis) is 1. The van der Waals surface area contributed by atoms with Gasteiger partial charge in [-0.2, -0.15) is 13.2 Å². The maximum absolute atomic E-state index is 11.5. The van der Waals surface area contributed by atoms with Gasteiger partial charge in [-0.1, -0.05) is 5.92 Å². The zero-order valence-corrected chi connectivity index (χ0v) is 6.86. The molecule has 0 bridgehead atoms. The molecule has 0 unspecified atom stereocenters. The summed E-state index contributed by atoms with van der Waals surface area (Å²) in [4.78, 5) is 10.5. The molecule has 0 aromatic rings. The lowest BCUT2D eigenvalue weighted by atomic mass is 10.6. The molecular formula is C7H8F3NO2. The van der Waals surface area contributed by atoms with E-state index in [1.807, 2.05) is 5.32 Å². The predicted molar refractivity (Wildman–Crippen MR) is 38.9 cm³/mol. The number of carbonyl (C=O) groups is 1. The van der Waals surface area contributed by atoms with Crippen LogP contribution in [-0.2, 0) is 4.74 Å². The van der Waals surface area contributed by atoms with Crippen molar-refractivity contribution < 1.29 is 22.7 Å². The van der Waals surface area contributed by atoms with E-state index in [1.165, 1.54) is 0 Å². The van der Waals surface area contributed by atoms with Gasteiger partial charge in [0.2, 0.25) is 0 Å². The molecule has 1 N–H and O–H groups in total. The second-order valence-corrected chi connectivity index (χ2v) is 1.97. The highest BCUT2D eigenvalue weighted by Gasteiger charge is 2.29. The third kappa shape index (κ3) is 8.53. The molecule has 6 heteroatoms. The standard InChI is InChI=1S/C7H8F3NO2/c1-2-3-4-11-6(12)13-5-7(8,9)10/h4-5H2,1H3,(H,11,12). The van der Waals surface area contributed by atoms with Crippen LogP contribution < -0.4 is 5.32 Å². The Morgan fingerprint density at radius 2 is 2.15 bits per heavy atom. The summed E-state index contributed by atoms with van der Waals surface area (Å²) in [6.45, 7) is -0.0612. The van der Waals surface area contributed by atoms with Gasteiger partial charge in [0.15, 0.2) is 6.61 Å². The van der Waals surface area contributed by atoms with Crippen molar-refractivity contribution in [2.75, 3.05) is 13.2 Å². The maximum atomic E-state index is 11.5. The average molecular weight is 195 g/mol. The Bertz CT molecular complexity index is 226. The lowest BCUT2D eigenvalue weighted by Crippen LogP contribution is -2.29. The van der Waals surface area contributed by atoms with Crippen molar-refractivity contribution in [1.82, 2.24) is 5.32 Å². The van der Waals surface area contributed by atoms with Gasteiger partial charge in [0.1, 0.15) is 0 Å². The number of hydrogen-bond acceptors (Lipinski definition) is 2. The van der Waals surface area contributed by atoms with E-state index in [4.69, 9.17) is 0 Å². The Hall–Kier alpha value is -1.38. The first-order valence-corrected chi connectivity index (χ1v) is 3.32. The van der Waals surface area contributed by atoms with Gasteiger partial charge in [-0.05, 0) is 6.92 Å². The van der Waals surface area contributed by atoms with E-state index in [0.717, 1.165) is 0 Å². The van der Waals surface area contributed by atoms with Crippen LogP contribution in [-0.4, -0.2) is 25.4 Å². The van der Waals surface area contributed by atoms with E-state index in [1.54, 1.807) is 6.92 Å². The molecule has 0 aromatic carbocycles. The van der Waals surface area contributed by atoms with Gasteiger partial charge in [-0.15, -0.1) is 5.92 Å².